The van der Waals surface area contributed by atoms with Crippen LogP contribution in [0.1, 0.15) is 0 Å². The first-order valence-corrected chi connectivity index (χ1v) is 3.31. The predicted molar refractivity (Wildman–Crippen MR) is 43.3 cm³/mol. The lowest BCUT2D eigenvalue weighted by Gasteiger charge is -1.97. The van der Waals surface area contributed by atoms with Gasteiger partial charge >= 0.3 is 0 Å². The van der Waals surface area contributed by atoms with E-state index in [0.29, 0.717) is 0 Å². The van der Waals surface area contributed by atoms with E-state index in [9.17, 15) is 0 Å². The zero-order valence-electron chi connectivity index (χ0n) is 6.03. The van der Waals surface area contributed by atoms with Crippen molar-refractivity contribution in [3.8, 4) is 0 Å². The van der Waals surface area contributed by atoms with Crippen molar-refractivity contribution >= 4 is 0 Å². The summed E-state index contributed by atoms with van der Waals surface area (Å²) in [4.78, 5) is 7.41. The van der Waals surface area contributed by atoms with E-state index in [-0.39, 0.29) is 0 Å². The summed E-state index contributed by atoms with van der Waals surface area (Å²) >= 11 is 0. The second-order valence-corrected chi connectivity index (χ2v) is 1.81. The summed E-state index contributed by atoms with van der Waals surface area (Å²) in [5.74, 6) is 0. The van der Waals surface area contributed by atoms with Gasteiger partial charge in [0, 0.05) is 18.6 Å². The van der Waals surface area contributed by atoms with Crippen molar-refractivity contribution in [2.75, 3.05) is 0 Å². The maximum absolute atomic E-state index is 4.55. The molecule has 0 unspecified atom stereocenters. The number of nitrogens with one attached hydrogen (secondary N) is 2. The van der Waals surface area contributed by atoms with E-state index in [1.807, 2.05) is 30.6 Å². The first-order chi connectivity index (χ1) is 5.50. The first kappa shape index (κ1) is 7.47. The van der Waals surface area contributed by atoms with E-state index >= 15 is 0 Å². The highest BCUT2D eigenvalue weighted by molar-refractivity contribution is 5.00. The van der Waals surface area contributed by atoms with Crippen LogP contribution in [0.5, 0.6) is 0 Å². The summed E-state index contributed by atoms with van der Waals surface area (Å²) in [5, 5.41) is 0. The minimum Gasteiger partial charge on any atom is -0.391 e. The summed E-state index contributed by atoms with van der Waals surface area (Å²) in [7, 11) is 0. The molecule has 2 rings (SSSR count). The van der Waals surface area contributed by atoms with Gasteiger partial charge in [0.25, 0.3) is 0 Å². The van der Waals surface area contributed by atoms with Crippen LogP contribution in [0.4, 0.5) is 0 Å². The summed E-state index contributed by atoms with van der Waals surface area (Å²) in [6.45, 7) is 0. The topological polar surface area (TPSA) is 37.0 Å². The van der Waals surface area contributed by atoms with Gasteiger partial charge in [-0.2, -0.15) is 0 Å². The van der Waals surface area contributed by atoms with Gasteiger partial charge in [-0.15, -0.1) is 0 Å². The first-order valence-electron chi connectivity index (χ1n) is 3.31. The number of hydrogen-bond donors (Lipinski definition) is 2. The Morgan fingerprint density at radius 1 is 1.00 bits per heavy atom. The van der Waals surface area contributed by atoms with Crippen LogP contribution >= 0.6 is 0 Å². The highest BCUT2D eigenvalue weighted by atomic mass is 16.6. The van der Waals surface area contributed by atoms with Crippen LogP contribution in [-0.4, -0.2) is 4.98 Å². The normalized spacial score (nSPS) is 12.4. The van der Waals surface area contributed by atoms with Gasteiger partial charge in [0.2, 0.25) is 0 Å². The molecule has 0 radical (unpaired) electrons. The molecule has 0 aliphatic carbocycles. The van der Waals surface area contributed by atoms with Crippen molar-refractivity contribution in [3.63, 3.8) is 0 Å². The third-order valence-corrected chi connectivity index (χ3v) is 0.986. The predicted octanol–water partition coefficient (Wildman–Crippen LogP) is 1.56. The Labute approximate surface area is 65.3 Å². The Balaban J connectivity index is 0.000000112. The molecule has 1 aliphatic rings. The highest BCUT2D eigenvalue weighted by Gasteiger charge is 1.72. The van der Waals surface area contributed by atoms with Crippen molar-refractivity contribution in [2.24, 2.45) is 0 Å². The van der Waals surface area contributed by atoms with Gasteiger partial charge in [0.1, 0.15) is 6.26 Å². The van der Waals surface area contributed by atoms with Crippen molar-refractivity contribution in [1.29, 1.82) is 0 Å². The molecule has 2 heterocycles. The second kappa shape index (κ2) is 5.17. The molecular formula is C8H10N2O. The van der Waals surface area contributed by atoms with E-state index in [0.717, 1.165) is 0 Å². The van der Waals surface area contributed by atoms with Crippen molar-refractivity contribution < 1.29 is 4.84 Å². The lowest BCUT2D eigenvalue weighted by atomic mass is 10.6. The average Bonchev–Trinajstić information content (AvgIpc) is 2.64. The largest absolute Gasteiger partial charge is 0.391 e. The number of aromatic amines is 1. The average molecular weight is 150 g/mol. The smallest absolute Gasteiger partial charge is 0.119 e. The fraction of sp³-hybridized carbons (Fsp3) is 0. The van der Waals surface area contributed by atoms with Crippen LogP contribution in [0.3, 0.4) is 0 Å². The molecule has 0 saturated heterocycles. The summed E-state index contributed by atoms with van der Waals surface area (Å²) in [6, 6.07) is 3.89. The Kier molecular flexibility index (Phi) is 3.51. The van der Waals surface area contributed by atoms with Gasteiger partial charge in [-0.3, -0.25) is 0 Å². The van der Waals surface area contributed by atoms with Crippen LogP contribution in [0, 0.1) is 0 Å². The summed E-state index contributed by atoms with van der Waals surface area (Å²) in [5.41, 5.74) is 2.52. The van der Waals surface area contributed by atoms with Crippen LogP contribution in [-0.2, 0) is 4.84 Å². The molecule has 11 heavy (non-hydrogen) atoms. The van der Waals surface area contributed by atoms with Gasteiger partial charge in [-0.25, -0.2) is 5.48 Å². The molecule has 0 amide bonds. The molecule has 0 spiro atoms. The highest BCUT2D eigenvalue weighted by Crippen LogP contribution is 1.80. The Hall–Kier alpha value is -1.64. The minimum absolute atomic E-state index is 1.57. The number of aromatic nitrogens is 1. The molecule has 0 bridgehead atoms. The molecule has 0 aromatic carbocycles. The molecule has 1 aliphatic heterocycles. The Morgan fingerprint density at radius 3 is 2.00 bits per heavy atom. The van der Waals surface area contributed by atoms with Crippen LogP contribution < -0.4 is 5.48 Å². The molecule has 0 saturated carbocycles. The van der Waals surface area contributed by atoms with E-state index in [1.54, 1.807) is 18.5 Å². The molecular weight excluding hydrogens is 140 g/mol. The van der Waals surface area contributed by atoms with E-state index in [2.05, 4.69) is 15.3 Å². The third-order valence-electron chi connectivity index (χ3n) is 0.986. The minimum atomic E-state index is 1.57. The second-order valence-electron chi connectivity index (χ2n) is 1.81. The van der Waals surface area contributed by atoms with Gasteiger partial charge in [-0.1, -0.05) is 0 Å². The molecule has 58 valence electrons. The number of hydrogen-bond acceptors (Lipinski definition) is 2. The molecule has 1 aromatic rings. The maximum Gasteiger partial charge on any atom is 0.119 e. The van der Waals surface area contributed by atoms with Gasteiger partial charge in [0.15, 0.2) is 0 Å². The number of H-pyrrole nitrogens is 1. The molecule has 3 heteroatoms. The zero-order valence-corrected chi connectivity index (χ0v) is 6.03. The number of hydroxylamine groups is 1. The van der Waals surface area contributed by atoms with Crippen molar-refractivity contribution in [1.82, 2.24) is 10.5 Å². The van der Waals surface area contributed by atoms with Crippen LogP contribution in [0.25, 0.3) is 0 Å². The molecule has 3 nitrogen and oxygen atoms in total. The van der Waals surface area contributed by atoms with Crippen molar-refractivity contribution in [2.45, 2.75) is 0 Å². The maximum atomic E-state index is 4.55. The molecule has 1 aromatic heterocycles. The van der Waals surface area contributed by atoms with E-state index in [4.69, 9.17) is 0 Å². The van der Waals surface area contributed by atoms with Crippen molar-refractivity contribution in [3.05, 3.63) is 49.1 Å². The quantitative estimate of drug-likeness (QED) is 0.589. The fourth-order valence-corrected chi connectivity index (χ4v) is 0.536. The monoisotopic (exact) mass is 150 g/mol. The third kappa shape index (κ3) is 3.86. The Morgan fingerprint density at radius 2 is 1.82 bits per heavy atom. The van der Waals surface area contributed by atoms with Gasteiger partial charge in [-0.05, 0) is 24.3 Å². The zero-order chi connectivity index (χ0) is 7.78. The van der Waals surface area contributed by atoms with E-state index in [1.165, 1.54) is 0 Å². The molecule has 2 N–H and O–H groups in total. The standard InChI is InChI=1S/C4H5NO.C4H5N/c1-2-4-6-5-3-1;1-2-4-5-3-1/h1-5H;1-5H. The summed E-state index contributed by atoms with van der Waals surface area (Å²) in [6.07, 6.45) is 10.7. The summed E-state index contributed by atoms with van der Waals surface area (Å²) < 4.78 is 0. The lowest BCUT2D eigenvalue weighted by molar-refractivity contribution is 0.172. The van der Waals surface area contributed by atoms with Gasteiger partial charge < -0.3 is 9.82 Å². The molecule has 0 fully saturated rings. The van der Waals surface area contributed by atoms with Gasteiger partial charge in [0.05, 0.1) is 0 Å². The van der Waals surface area contributed by atoms with E-state index < -0.39 is 0 Å². The fourth-order valence-electron chi connectivity index (χ4n) is 0.536. The van der Waals surface area contributed by atoms with Crippen LogP contribution in [0.2, 0.25) is 0 Å². The lowest BCUT2D eigenvalue weighted by Crippen LogP contribution is -2.01. The molecule has 0 atom stereocenters. The number of allylic oxidation sites excluding steroid dienone is 2. The Bertz CT molecular complexity index is 185. The van der Waals surface area contributed by atoms with Crippen LogP contribution in [0.15, 0.2) is 49.1 Å². The SMILES string of the molecule is C1=CNOC=C1.c1cc[nH]c1. The number of rotatable bonds is 0.